The number of carbonyl (C=O) groups excluding carboxylic acids is 1. The summed E-state index contributed by atoms with van der Waals surface area (Å²) < 4.78 is 5.73. The van der Waals surface area contributed by atoms with Crippen molar-refractivity contribution < 1.29 is 9.53 Å². The first kappa shape index (κ1) is 16.3. The van der Waals surface area contributed by atoms with Gasteiger partial charge in [-0.05, 0) is 42.1 Å². The van der Waals surface area contributed by atoms with E-state index in [2.05, 4.69) is 0 Å². The molecular weight excluding hydrogens is 318 g/mol. The van der Waals surface area contributed by atoms with Gasteiger partial charge in [0.15, 0.2) is 6.61 Å². The molecular formula is C20H19NO2S. The molecule has 0 bridgehead atoms. The first-order chi connectivity index (χ1) is 11.7. The molecule has 0 saturated carbocycles. The Balaban J connectivity index is 1.75. The van der Waals surface area contributed by atoms with Crippen molar-refractivity contribution in [2.24, 2.45) is 0 Å². The second-order valence-electron chi connectivity index (χ2n) is 5.45. The Kier molecular flexibility index (Phi) is 5.29. The second-order valence-corrected chi connectivity index (χ2v) is 6.48. The normalized spacial score (nSPS) is 10.4. The highest BCUT2D eigenvalue weighted by Crippen LogP contribution is 2.21. The van der Waals surface area contributed by atoms with Crippen molar-refractivity contribution in [2.75, 3.05) is 11.5 Å². The predicted molar refractivity (Wildman–Crippen MR) is 98.6 cm³/mol. The van der Waals surface area contributed by atoms with Crippen LogP contribution in [0, 0.1) is 6.92 Å². The molecule has 0 fully saturated rings. The highest BCUT2D eigenvalue weighted by molar-refractivity contribution is 7.09. The van der Waals surface area contributed by atoms with E-state index < -0.39 is 0 Å². The lowest BCUT2D eigenvalue weighted by Gasteiger charge is -2.22. The summed E-state index contributed by atoms with van der Waals surface area (Å²) in [6.07, 6.45) is 0. The Bertz CT molecular complexity index is 784. The highest BCUT2D eigenvalue weighted by atomic mass is 32.1. The fraction of sp³-hybridized carbons (Fsp3) is 0.150. The third kappa shape index (κ3) is 4.03. The fourth-order valence-electron chi connectivity index (χ4n) is 2.43. The largest absolute Gasteiger partial charge is 0.483 e. The summed E-state index contributed by atoms with van der Waals surface area (Å²) in [5.41, 5.74) is 1.90. The molecule has 0 aliphatic heterocycles. The minimum Gasteiger partial charge on any atom is -0.483 e. The lowest BCUT2D eigenvalue weighted by Crippen LogP contribution is -2.34. The number of para-hydroxylation sites is 2. The zero-order valence-corrected chi connectivity index (χ0v) is 14.3. The van der Waals surface area contributed by atoms with Crippen molar-refractivity contribution in [3.8, 4) is 5.75 Å². The Labute approximate surface area is 146 Å². The van der Waals surface area contributed by atoms with Gasteiger partial charge in [-0.2, -0.15) is 0 Å². The number of benzene rings is 2. The van der Waals surface area contributed by atoms with E-state index in [1.807, 2.05) is 79.0 Å². The Hall–Kier alpha value is -2.59. The SMILES string of the molecule is Cc1ccccc1OCC(=O)N(Cc1cccs1)c1ccccc1. The van der Waals surface area contributed by atoms with E-state index in [-0.39, 0.29) is 12.5 Å². The minimum absolute atomic E-state index is 0.0190. The molecule has 0 atom stereocenters. The van der Waals surface area contributed by atoms with Crippen molar-refractivity contribution >= 4 is 22.9 Å². The van der Waals surface area contributed by atoms with Gasteiger partial charge in [-0.25, -0.2) is 0 Å². The van der Waals surface area contributed by atoms with Gasteiger partial charge in [-0.15, -0.1) is 11.3 Å². The van der Waals surface area contributed by atoms with Crippen LogP contribution in [0.2, 0.25) is 0 Å². The highest BCUT2D eigenvalue weighted by Gasteiger charge is 2.17. The van der Waals surface area contributed by atoms with Crippen LogP contribution >= 0.6 is 11.3 Å². The number of hydrogen-bond acceptors (Lipinski definition) is 3. The average Bonchev–Trinajstić information content (AvgIpc) is 3.13. The lowest BCUT2D eigenvalue weighted by atomic mass is 10.2. The number of aryl methyl sites for hydroxylation is 1. The first-order valence-corrected chi connectivity index (χ1v) is 8.68. The fourth-order valence-corrected chi connectivity index (χ4v) is 3.12. The van der Waals surface area contributed by atoms with Gasteiger partial charge < -0.3 is 9.64 Å². The van der Waals surface area contributed by atoms with Gasteiger partial charge in [-0.3, -0.25) is 4.79 Å². The zero-order chi connectivity index (χ0) is 16.8. The van der Waals surface area contributed by atoms with Crippen LogP contribution in [0.15, 0.2) is 72.1 Å². The molecule has 0 aliphatic rings. The summed E-state index contributed by atoms with van der Waals surface area (Å²) in [5.74, 6) is 0.688. The van der Waals surface area contributed by atoms with Gasteiger partial charge in [0.25, 0.3) is 5.91 Å². The molecule has 1 amide bonds. The molecule has 0 spiro atoms. The molecule has 1 aromatic heterocycles. The van der Waals surface area contributed by atoms with Crippen molar-refractivity contribution in [1.29, 1.82) is 0 Å². The van der Waals surface area contributed by atoms with Crippen LogP contribution in [-0.2, 0) is 11.3 Å². The molecule has 0 unspecified atom stereocenters. The molecule has 24 heavy (non-hydrogen) atoms. The Morgan fingerprint density at radius 3 is 2.46 bits per heavy atom. The third-order valence-electron chi connectivity index (χ3n) is 3.71. The number of nitrogens with zero attached hydrogens (tertiary/aromatic N) is 1. The number of rotatable bonds is 6. The van der Waals surface area contributed by atoms with E-state index in [9.17, 15) is 4.79 Å². The molecule has 2 aromatic carbocycles. The van der Waals surface area contributed by atoms with E-state index in [1.54, 1.807) is 16.2 Å². The van der Waals surface area contributed by atoms with Crippen LogP contribution < -0.4 is 9.64 Å². The van der Waals surface area contributed by atoms with E-state index >= 15 is 0 Å². The van der Waals surface area contributed by atoms with Crippen LogP contribution in [0.3, 0.4) is 0 Å². The number of amides is 1. The quantitative estimate of drug-likeness (QED) is 0.654. The summed E-state index contributed by atoms with van der Waals surface area (Å²) >= 11 is 1.65. The summed E-state index contributed by atoms with van der Waals surface area (Å²) in [5, 5.41) is 2.02. The number of ether oxygens (including phenoxy) is 1. The average molecular weight is 337 g/mol. The zero-order valence-electron chi connectivity index (χ0n) is 13.5. The van der Waals surface area contributed by atoms with E-state index in [1.165, 1.54) is 0 Å². The molecule has 0 aliphatic carbocycles. The van der Waals surface area contributed by atoms with Gasteiger partial charge in [0.2, 0.25) is 0 Å². The summed E-state index contributed by atoms with van der Waals surface area (Å²) in [6, 6.07) is 21.5. The maximum Gasteiger partial charge on any atom is 0.265 e. The van der Waals surface area contributed by atoms with Crippen LogP contribution in [0.1, 0.15) is 10.4 Å². The molecule has 3 rings (SSSR count). The van der Waals surface area contributed by atoms with E-state index in [4.69, 9.17) is 4.74 Å². The molecule has 3 aromatic rings. The van der Waals surface area contributed by atoms with E-state index in [0.717, 1.165) is 21.9 Å². The van der Waals surface area contributed by atoms with Gasteiger partial charge in [0.05, 0.1) is 6.54 Å². The minimum atomic E-state index is -0.0575. The molecule has 122 valence electrons. The standard InChI is InChI=1S/C20H19NO2S/c1-16-8-5-6-12-19(16)23-15-20(22)21(14-18-11-7-13-24-18)17-9-3-2-4-10-17/h2-13H,14-15H2,1H3. The van der Waals surface area contributed by atoms with Crippen molar-refractivity contribution in [1.82, 2.24) is 0 Å². The van der Waals surface area contributed by atoms with Crippen LogP contribution in [0.5, 0.6) is 5.75 Å². The van der Waals surface area contributed by atoms with Crippen molar-refractivity contribution in [2.45, 2.75) is 13.5 Å². The van der Waals surface area contributed by atoms with Crippen LogP contribution in [-0.4, -0.2) is 12.5 Å². The molecule has 0 radical (unpaired) electrons. The maximum absolute atomic E-state index is 12.8. The van der Waals surface area contributed by atoms with Crippen molar-refractivity contribution in [3.05, 3.63) is 82.6 Å². The van der Waals surface area contributed by atoms with Gasteiger partial charge >= 0.3 is 0 Å². The molecule has 0 saturated heterocycles. The smallest absolute Gasteiger partial charge is 0.265 e. The summed E-state index contributed by atoms with van der Waals surface area (Å²) in [6.45, 7) is 2.54. The number of hydrogen-bond donors (Lipinski definition) is 0. The number of thiophene rings is 1. The topological polar surface area (TPSA) is 29.5 Å². The van der Waals surface area contributed by atoms with Gasteiger partial charge in [-0.1, -0.05) is 42.5 Å². The first-order valence-electron chi connectivity index (χ1n) is 7.80. The molecule has 1 heterocycles. The van der Waals surface area contributed by atoms with Gasteiger partial charge in [0.1, 0.15) is 5.75 Å². The Morgan fingerprint density at radius 2 is 1.75 bits per heavy atom. The monoisotopic (exact) mass is 337 g/mol. The Morgan fingerprint density at radius 1 is 1.00 bits per heavy atom. The number of anilines is 1. The lowest BCUT2D eigenvalue weighted by molar-refractivity contribution is -0.120. The van der Waals surface area contributed by atoms with Crippen LogP contribution in [0.25, 0.3) is 0 Å². The molecule has 0 N–H and O–H groups in total. The maximum atomic E-state index is 12.8. The van der Waals surface area contributed by atoms with Crippen molar-refractivity contribution in [3.63, 3.8) is 0 Å². The third-order valence-corrected chi connectivity index (χ3v) is 4.57. The van der Waals surface area contributed by atoms with Gasteiger partial charge in [0, 0.05) is 10.6 Å². The summed E-state index contributed by atoms with van der Waals surface area (Å²) in [7, 11) is 0. The predicted octanol–water partition coefficient (Wildman–Crippen LogP) is 4.67. The molecule has 4 heteroatoms. The van der Waals surface area contributed by atoms with Crippen LogP contribution in [0.4, 0.5) is 5.69 Å². The van der Waals surface area contributed by atoms with E-state index in [0.29, 0.717) is 6.54 Å². The number of carbonyl (C=O) groups is 1. The molecule has 3 nitrogen and oxygen atoms in total. The summed E-state index contributed by atoms with van der Waals surface area (Å²) in [4.78, 5) is 15.7. The second kappa shape index (κ2) is 7.79.